The lowest BCUT2D eigenvalue weighted by molar-refractivity contribution is -0.157. The second-order valence-electron chi connectivity index (χ2n) is 1.83. The first-order chi connectivity index (χ1) is 4.39. The van der Waals surface area contributed by atoms with Crippen molar-refractivity contribution in [2.75, 3.05) is 0 Å². The molecule has 0 bridgehead atoms. The number of hydrogen-bond donors (Lipinski definition) is 0. The first kappa shape index (κ1) is 9.76. The summed E-state index contributed by atoms with van der Waals surface area (Å²) in [6.07, 6.45) is -4.42. The number of rotatable bonds is 1. The summed E-state index contributed by atoms with van der Waals surface area (Å²) >= 11 is 2.69. The molecule has 0 saturated carbocycles. The molecular formula is C5H5BrF3N. The molecule has 10 heavy (non-hydrogen) atoms. The van der Waals surface area contributed by atoms with E-state index >= 15 is 0 Å². The average Bonchev–Trinajstić information content (AvgIpc) is 1.60. The second-order valence-corrected chi connectivity index (χ2v) is 3.27. The van der Waals surface area contributed by atoms with Crippen molar-refractivity contribution in [3.63, 3.8) is 0 Å². The molecule has 0 spiro atoms. The molecule has 0 fully saturated rings. The van der Waals surface area contributed by atoms with Crippen molar-refractivity contribution in [2.45, 2.75) is 17.9 Å². The quantitative estimate of drug-likeness (QED) is 0.617. The normalized spacial score (nSPS) is 17.6. The summed E-state index contributed by atoms with van der Waals surface area (Å²) < 4.78 is 35.2. The van der Waals surface area contributed by atoms with Gasteiger partial charge in [-0.25, -0.2) is 0 Å². The molecule has 0 amide bonds. The van der Waals surface area contributed by atoms with Gasteiger partial charge in [0.15, 0.2) is 5.92 Å². The van der Waals surface area contributed by atoms with E-state index in [0.717, 1.165) is 0 Å². The summed E-state index contributed by atoms with van der Waals surface area (Å²) in [6, 6.07) is 1.17. The lowest BCUT2D eigenvalue weighted by Gasteiger charge is -2.14. The minimum atomic E-state index is -4.42. The van der Waals surface area contributed by atoms with E-state index in [1.54, 1.807) is 0 Å². The lowest BCUT2D eigenvalue weighted by atomic mass is 10.1. The van der Waals surface area contributed by atoms with E-state index in [9.17, 15) is 13.2 Å². The van der Waals surface area contributed by atoms with Crippen LogP contribution in [0.1, 0.15) is 6.92 Å². The van der Waals surface area contributed by atoms with E-state index in [2.05, 4.69) is 15.9 Å². The molecule has 0 aliphatic rings. The van der Waals surface area contributed by atoms with Crippen LogP contribution in [0.25, 0.3) is 0 Å². The highest BCUT2D eigenvalue weighted by molar-refractivity contribution is 9.09. The van der Waals surface area contributed by atoms with Gasteiger partial charge < -0.3 is 0 Å². The van der Waals surface area contributed by atoms with Crippen LogP contribution in [-0.2, 0) is 0 Å². The fourth-order valence-corrected chi connectivity index (χ4v) is 0.854. The molecule has 0 radical (unpaired) electrons. The third-order valence-electron chi connectivity index (χ3n) is 0.951. The average molecular weight is 216 g/mol. The zero-order valence-corrected chi connectivity index (χ0v) is 6.70. The Bertz CT molecular complexity index is 146. The van der Waals surface area contributed by atoms with Gasteiger partial charge in [-0.1, -0.05) is 22.9 Å². The lowest BCUT2D eigenvalue weighted by Crippen LogP contribution is -2.27. The highest BCUT2D eigenvalue weighted by atomic mass is 79.9. The van der Waals surface area contributed by atoms with Gasteiger partial charge in [0, 0.05) is 4.83 Å². The number of nitriles is 1. The second kappa shape index (κ2) is 3.24. The summed E-state index contributed by atoms with van der Waals surface area (Å²) in [6.45, 7) is 1.29. The highest BCUT2D eigenvalue weighted by Crippen LogP contribution is 2.31. The van der Waals surface area contributed by atoms with Crippen molar-refractivity contribution < 1.29 is 13.2 Å². The van der Waals surface area contributed by atoms with Crippen molar-refractivity contribution in [2.24, 2.45) is 5.92 Å². The zero-order chi connectivity index (χ0) is 8.36. The molecule has 2 unspecified atom stereocenters. The molecule has 0 aromatic carbocycles. The molecule has 0 aliphatic heterocycles. The zero-order valence-electron chi connectivity index (χ0n) is 5.11. The number of halogens is 4. The van der Waals surface area contributed by atoms with Gasteiger partial charge in [0.1, 0.15) is 0 Å². The van der Waals surface area contributed by atoms with Crippen LogP contribution >= 0.6 is 15.9 Å². The van der Waals surface area contributed by atoms with Crippen LogP contribution in [0.15, 0.2) is 0 Å². The molecule has 0 N–H and O–H groups in total. The Kier molecular flexibility index (Phi) is 3.16. The minimum Gasteiger partial charge on any atom is -0.198 e. The standard InChI is InChI=1S/C5H5BrF3N/c1-3(6)4(2-10)5(7,8)9/h3-4H,1H3. The Morgan fingerprint density at radius 3 is 1.90 bits per heavy atom. The first-order valence-corrected chi connectivity index (χ1v) is 3.41. The highest BCUT2D eigenvalue weighted by Gasteiger charge is 2.42. The van der Waals surface area contributed by atoms with E-state index in [0.29, 0.717) is 0 Å². The van der Waals surface area contributed by atoms with Crippen LogP contribution in [0.4, 0.5) is 13.2 Å². The molecule has 1 nitrogen and oxygen atoms in total. The van der Waals surface area contributed by atoms with Crippen molar-refractivity contribution in [1.82, 2.24) is 0 Å². The molecule has 0 rings (SSSR count). The van der Waals surface area contributed by atoms with E-state index in [4.69, 9.17) is 5.26 Å². The fourth-order valence-electron chi connectivity index (χ4n) is 0.436. The third kappa shape index (κ3) is 2.56. The van der Waals surface area contributed by atoms with Crippen LogP contribution in [0.2, 0.25) is 0 Å². The van der Waals surface area contributed by atoms with Crippen LogP contribution in [0, 0.1) is 17.2 Å². The molecule has 5 heteroatoms. The minimum absolute atomic E-state index is 0.850. The van der Waals surface area contributed by atoms with E-state index < -0.39 is 16.9 Å². The van der Waals surface area contributed by atoms with Gasteiger partial charge >= 0.3 is 6.18 Å². The molecule has 0 aliphatic carbocycles. The molecule has 58 valence electrons. The summed E-state index contributed by atoms with van der Waals surface area (Å²) in [5.74, 6) is -1.91. The maximum absolute atomic E-state index is 11.7. The fraction of sp³-hybridized carbons (Fsp3) is 0.800. The smallest absolute Gasteiger partial charge is 0.198 e. The first-order valence-electron chi connectivity index (χ1n) is 2.50. The SMILES string of the molecule is CC(Br)C(C#N)C(F)(F)F. The van der Waals surface area contributed by atoms with Gasteiger partial charge in [-0.2, -0.15) is 18.4 Å². The number of hydrogen-bond acceptors (Lipinski definition) is 1. The molecule has 0 heterocycles. The monoisotopic (exact) mass is 215 g/mol. The number of nitrogens with zero attached hydrogens (tertiary/aromatic N) is 1. The maximum Gasteiger partial charge on any atom is 0.405 e. The van der Waals surface area contributed by atoms with Gasteiger partial charge in [0.25, 0.3) is 0 Å². The van der Waals surface area contributed by atoms with Crippen molar-refractivity contribution in [3.8, 4) is 6.07 Å². The van der Waals surface area contributed by atoms with Crippen molar-refractivity contribution in [1.29, 1.82) is 5.26 Å². The molecule has 0 saturated heterocycles. The van der Waals surface area contributed by atoms with Crippen molar-refractivity contribution >= 4 is 15.9 Å². The Morgan fingerprint density at radius 1 is 1.50 bits per heavy atom. The van der Waals surface area contributed by atoms with E-state index in [1.807, 2.05) is 0 Å². The molecule has 0 aromatic rings. The summed E-state index contributed by atoms with van der Waals surface area (Å²) in [4.78, 5) is -0.850. The van der Waals surface area contributed by atoms with Gasteiger partial charge in [-0.3, -0.25) is 0 Å². The van der Waals surface area contributed by atoms with Gasteiger partial charge in [-0.05, 0) is 0 Å². The maximum atomic E-state index is 11.7. The van der Waals surface area contributed by atoms with Crippen LogP contribution in [-0.4, -0.2) is 11.0 Å². The molecule has 0 aromatic heterocycles. The van der Waals surface area contributed by atoms with Crippen LogP contribution in [0.5, 0.6) is 0 Å². The van der Waals surface area contributed by atoms with Gasteiger partial charge in [0.05, 0.1) is 6.07 Å². The summed E-state index contributed by atoms with van der Waals surface area (Å²) in [5, 5.41) is 8.03. The van der Waals surface area contributed by atoms with Crippen molar-refractivity contribution in [3.05, 3.63) is 0 Å². The third-order valence-corrected chi connectivity index (χ3v) is 1.48. The summed E-state index contributed by atoms with van der Waals surface area (Å²) in [7, 11) is 0. The topological polar surface area (TPSA) is 23.8 Å². The molecular weight excluding hydrogens is 211 g/mol. The number of alkyl halides is 4. The Hall–Kier alpha value is -0.240. The van der Waals surface area contributed by atoms with Crippen LogP contribution in [0.3, 0.4) is 0 Å². The Labute approximate surface area is 65.0 Å². The Balaban J connectivity index is 4.26. The van der Waals surface area contributed by atoms with Crippen LogP contribution < -0.4 is 0 Å². The predicted molar refractivity (Wildman–Crippen MR) is 33.5 cm³/mol. The Morgan fingerprint density at radius 2 is 1.90 bits per heavy atom. The largest absolute Gasteiger partial charge is 0.405 e. The molecule has 2 atom stereocenters. The van der Waals surface area contributed by atoms with E-state index in [1.165, 1.54) is 13.0 Å². The summed E-state index contributed by atoms with van der Waals surface area (Å²) in [5.41, 5.74) is 0. The van der Waals surface area contributed by atoms with Gasteiger partial charge in [-0.15, -0.1) is 0 Å². The van der Waals surface area contributed by atoms with Gasteiger partial charge in [0.2, 0.25) is 0 Å². The van der Waals surface area contributed by atoms with E-state index in [-0.39, 0.29) is 0 Å². The predicted octanol–water partition coefficient (Wildman–Crippen LogP) is 2.47.